The van der Waals surface area contributed by atoms with Crippen molar-refractivity contribution in [3.63, 3.8) is 0 Å². The van der Waals surface area contributed by atoms with Gasteiger partial charge in [-0.05, 0) is 30.7 Å². The molecule has 3 aromatic rings. The molecule has 1 heterocycles. The Balaban J connectivity index is 1.56. The highest BCUT2D eigenvalue weighted by Crippen LogP contribution is 2.31. The fourth-order valence-corrected chi connectivity index (χ4v) is 2.80. The van der Waals surface area contributed by atoms with Crippen molar-refractivity contribution in [3.05, 3.63) is 58.5 Å². The third kappa shape index (κ3) is 4.90. The van der Waals surface area contributed by atoms with E-state index in [1.54, 1.807) is 44.6 Å². The summed E-state index contributed by atoms with van der Waals surface area (Å²) in [6, 6.07) is 11.3. The second-order valence-electron chi connectivity index (χ2n) is 6.26. The van der Waals surface area contributed by atoms with Crippen molar-refractivity contribution in [1.29, 1.82) is 0 Å². The Bertz CT molecular complexity index is 1050. The van der Waals surface area contributed by atoms with Crippen molar-refractivity contribution >= 4 is 17.3 Å². The van der Waals surface area contributed by atoms with Gasteiger partial charge in [0, 0.05) is 24.5 Å². The minimum atomic E-state index is -0.538. The highest BCUT2D eigenvalue weighted by atomic mass is 16.6. The Labute approximate surface area is 172 Å². The number of amides is 1. The molecule has 1 aromatic heterocycles. The number of nitro benzene ring substituents is 1. The number of ether oxygens (including phenoxy) is 2. The van der Waals surface area contributed by atoms with E-state index in [-0.39, 0.29) is 23.7 Å². The van der Waals surface area contributed by atoms with Gasteiger partial charge in [0.15, 0.2) is 11.5 Å². The summed E-state index contributed by atoms with van der Waals surface area (Å²) in [5.74, 6) is 1.60. The van der Waals surface area contributed by atoms with E-state index >= 15 is 0 Å². The fraction of sp³-hybridized carbons (Fsp3) is 0.250. The van der Waals surface area contributed by atoms with Crippen molar-refractivity contribution < 1.29 is 23.7 Å². The Morgan fingerprint density at radius 3 is 2.67 bits per heavy atom. The normalized spacial score (nSPS) is 10.5. The lowest BCUT2D eigenvalue weighted by Gasteiger charge is -2.07. The van der Waals surface area contributed by atoms with Gasteiger partial charge in [0.1, 0.15) is 5.69 Å². The van der Waals surface area contributed by atoms with Crippen molar-refractivity contribution in [1.82, 2.24) is 10.1 Å². The van der Waals surface area contributed by atoms with Gasteiger partial charge in [-0.3, -0.25) is 14.9 Å². The molecule has 2 aromatic carbocycles. The molecule has 10 nitrogen and oxygen atoms in total. The van der Waals surface area contributed by atoms with Crippen LogP contribution in [0.2, 0.25) is 0 Å². The monoisotopic (exact) mass is 412 g/mol. The Morgan fingerprint density at radius 1 is 1.17 bits per heavy atom. The molecule has 3 rings (SSSR count). The molecule has 10 heteroatoms. The maximum Gasteiger partial charge on any atom is 0.292 e. The first-order valence-corrected chi connectivity index (χ1v) is 9.10. The predicted molar refractivity (Wildman–Crippen MR) is 108 cm³/mol. The third-order valence-corrected chi connectivity index (χ3v) is 4.28. The second-order valence-corrected chi connectivity index (χ2v) is 6.26. The summed E-state index contributed by atoms with van der Waals surface area (Å²) < 4.78 is 15.7. The van der Waals surface area contributed by atoms with Gasteiger partial charge in [0.05, 0.1) is 19.1 Å². The SMILES string of the molecule is COc1ccc(-c2noc(CCCC(=O)Nc3ccccc3[N+](=O)[O-])n2)cc1OC. The molecule has 0 radical (unpaired) electrons. The van der Waals surface area contributed by atoms with Crippen molar-refractivity contribution in [3.8, 4) is 22.9 Å². The Kier molecular flexibility index (Phi) is 6.58. The number of rotatable bonds is 9. The summed E-state index contributed by atoms with van der Waals surface area (Å²) in [7, 11) is 3.09. The smallest absolute Gasteiger partial charge is 0.292 e. The number of para-hydroxylation sites is 2. The summed E-state index contributed by atoms with van der Waals surface area (Å²) in [5, 5.41) is 17.5. The number of hydrogen-bond donors (Lipinski definition) is 1. The lowest BCUT2D eigenvalue weighted by Crippen LogP contribution is -2.12. The molecule has 0 bridgehead atoms. The number of hydrogen-bond acceptors (Lipinski definition) is 8. The first kappa shape index (κ1) is 20.8. The van der Waals surface area contributed by atoms with Gasteiger partial charge in [0.2, 0.25) is 17.6 Å². The summed E-state index contributed by atoms with van der Waals surface area (Å²) in [5.41, 5.74) is 0.722. The number of anilines is 1. The van der Waals surface area contributed by atoms with Crippen LogP contribution in [0.5, 0.6) is 11.5 Å². The zero-order valence-corrected chi connectivity index (χ0v) is 16.5. The van der Waals surface area contributed by atoms with Crippen molar-refractivity contribution in [2.45, 2.75) is 19.3 Å². The molecule has 0 saturated heterocycles. The molecule has 0 aliphatic rings. The number of aromatic nitrogens is 2. The van der Waals surface area contributed by atoms with Crippen LogP contribution in [0.15, 0.2) is 47.0 Å². The van der Waals surface area contributed by atoms with Gasteiger partial charge in [-0.15, -0.1) is 0 Å². The number of carbonyl (C=O) groups excluding carboxylic acids is 1. The fourth-order valence-electron chi connectivity index (χ4n) is 2.80. The van der Waals surface area contributed by atoms with Crippen LogP contribution in [0.25, 0.3) is 11.4 Å². The molecule has 0 unspecified atom stereocenters. The topological polar surface area (TPSA) is 130 Å². The summed E-state index contributed by atoms with van der Waals surface area (Å²) in [6.07, 6.45) is 0.991. The van der Waals surface area contributed by atoms with Gasteiger partial charge in [0.25, 0.3) is 5.69 Å². The average Bonchev–Trinajstić information content (AvgIpc) is 3.22. The van der Waals surface area contributed by atoms with Crippen LogP contribution in [0.1, 0.15) is 18.7 Å². The van der Waals surface area contributed by atoms with Gasteiger partial charge < -0.3 is 19.3 Å². The molecule has 0 spiro atoms. The highest BCUT2D eigenvalue weighted by molar-refractivity contribution is 5.92. The number of methoxy groups -OCH3 is 2. The minimum absolute atomic E-state index is 0.151. The first-order valence-electron chi connectivity index (χ1n) is 9.10. The number of carbonyl (C=O) groups is 1. The Morgan fingerprint density at radius 2 is 1.93 bits per heavy atom. The van der Waals surface area contributed by atoms with Crippen LogP contribution in [0.3, 0.4) is 0 Å². The summed E-state index contributed by atoms with van der Waals surface area (Å²) in [6.45, 7) is 0. The molecule has 0 fully saturated rings. The van der Waals surface area contributed by atoms with Crippen LogP contribution >= 0.6 is 0 Å². The van der Waals surface area contributed by atoms with Crippen molar-refractivity contribution in [2.75, 3.05) is 19.5 Å². The zero-order valence-electron chi connectivity index (χ0n) is 16.5. The van der Waals surface area contributed by atoms with Crippen molar-refractivity contribution in [2.24, 2.45) is 0 Å². The second kappa shape index (κ2) is 9.50. The largest absolute Gasteiger partial charge is 0.493 e. The molecule has 156 valence electrons. The quantitative estimate of drug-likeness (QED) is 0.417. The van der Waals surface area contributed by atoms with E-state index in [9.17, 15) is 14.9 Å². The van der Waals surface area contributed by atoms with E-state index in [2.05, 4.69) is 15.5 Å². The predicted octanol–water partition coefficient (Wildman–Crippen LogP) is 3.62. The lowest BCUT2D eigenvalue weighted by molar-refractivity contribution is -0.383. The van der Waals surface area contributed by atoms with E-state index in [0.29, 0.717) is 41.6 Å². The molecule has 0 saturated carbocycles. The first-order chi connectivity index (χ1) is 14.5. The molecule has 1 N–H and O–H groups in total. The number of nitro groups is 1. The van der Waals surface area contributed by atoms with Crippen LogP contribution in [0.4, 0.5) is 11.4 Å². The molecule has 1 amide bonds. The number of nitrogens with one attached hydrogen (secondary N) is 1. The maximum atomic E-state index is 12.1. The van der Waals surface area contributed by atoms with E-state index < -0.39 is 4.92 Å². The van der Waals surface area contributed by atoms with Crippen LogP contribution in [0, 0.1) is 10.1 Å². The van der Waals surface area contributed by atoms with Gasteiger partial charge in [-0.25, -0.2) is 0 Å². The van der Waals surface area contributed by atoms with E-state index in [4.69, 9.17) is 14.0 Å². The maximum absolute atomic E-state index is 12.1. The van der Waals surface area contributed by atoms with Crippen LogP contribution in [-0.2, 0) is 11.2 Å². The zero-order chi connectivity index (χ0) is 21.5. The highest BCUT2D eigenvalue weighted by Gasteiger charge is 2.16. The minimum Gasteiger partial charge on any atom is -0.493 e. The van der Waals surface area contributed by atoms with Gasteiger partial charge in [-0.1, -0.05) is 17.3 Å². The van der Waals surface area contributed by atoms with Crippen LogP contribution in [-0.4, -0.2) is 35.2 Å². The Hall–Kier alpha value is -3.95. The van der Waals surface area contributed by atoms with E-state index in [0.717, 1.165) is 0 Å². The average molecular weight is 412 g/mol. The summed E-state index contributed by atoms with van der Waals surface area (Å²) in [4.78, 5) is 26.9. The molecular formula is C20H20N4O6. The number of aryl methyl sites for hydroxylation is 1. The van der Waals surface area contributed by atoms with E-state index in [1.807, 2.05) is 0 Å². The molecule has 0 atom stereocenters. The lowest BCUT2D eigenvalue weighted by atomic mass is 10.2. The van der Waals surface area contributed by atoms with Gasteiger partial charge >= 0.3 is 0 Å². The standard InChI is InChI=1S/C20H20N4O6/c1-28-16-11-10-13(12-17(16)29-2)20-22-19(30-23-20)9-5-8-18(25)21-14-6-3-4-7-15(14)24(26)27/h3-4,6-7,10-12H,5,8-9H2,1-2H3,(H,21,25). The van der Waals surface area contributed by atoms with Crippen LogP contribution < -0.4 is 14.8 Å². The molecule has 30 heavy (non-hydrogen) atoms. The number of benzene rings is 2. The summed E-state index contributed by atoms with van der Waals surface area (Å²) >= 11 is 0. The third-order valence-electron chi connectivity index (χ3n) is 4.28. The number of nitrogens with zero attached hydrogens (tertiary/aromatic N) is 3. The van der Waals surface area contributed by atoms with Gasteiger partial charge in [-0.2, -0.15) is 4.98 Å². The molecular weight excluding hydrogens is 392 g/mol. The molecule has 0 aliphatic carbocycles. The molecule has 0 aliphatic heterocycles. The van der Waals surface area contributed by atoms with E-state index in [1.165, 1.54) is 12.1 Å².